The Kier molecular flexibility index (Phi) is 5.19. The van der Waals surface area contributed by atoms with Gasteiger partial charge in [0.05, 0.1) is 12.2 Å². The number of nitrogens with zero attached hydrogens (tertiary/aromatic N) is 2. The lowest BCUT2D eigenvalue weighted by molar-refractivity contribution is 0.628. The quantitative estimate of drug-likeness (QED) is 0.638. The minimum absolute atomic E-state index is 0.838. The van der Waals surface area contributed by atoms with Gasteiger partial charge in [-0.05, 0) is 59.3 Å². The van der Waals surface area contributed by atoms with E-state index >= 15 is 0 Å². The van der Waals surface area contributed by atoms with Gasteiger partial charge in [-0.15, -0.1) is 0 Å². The van der Waals surface area contributed by atoms with Crippen molar-refractivity contribution in [2.45, 2.75) is 26.4 Å². The van der Waals surface area contributed by atoms with Gasteiger partial charge >= 0.3 is 0 Å². The number of rotatable bonds is 6. The molecule has 3 nitrogen and oxygen atoms in total. The molecule has 1 aromatic carbocycles. The third-order valence-electron chi connectivity index (χ3n) is 2.69. The topological polar surface area (TPSA) is 29.9 Å². The lowest BCUT2D eigenvalue weighted by Crippen LogP contribution is -2.14. The Morgan fingerprint density at radius 1 is 1.22 bits per heavy atom. The fourth-order valence-corrected chi connectivity index (χ4v) is 2.12. The first-order chi connectivity index (χ1) is 8.78. The molecule has 0 saturated carbocycles. The number of benzene rings is 1. The van der Waals surface area contributed by atoms with E-state index in [2.05, 4.69) is 70.3 Å². The van der Waals surface area contributed by atoms with Gasteiger partial charge in [0.15, 0.2) is 0 Å². The summed E-state index contributed by atoms with van der Waals surface area (Å²) in [6, 6.07) is 10.6. The first-order valence-electron chi connectivity index (χ1n) is 6.25. The molecule has 0 aliphatic carbocycles. The van der Waals surface area contributed by atoms with E-state index in [9.17, 15) is 0 Å². The van der Waals surface area contributed by atoms with Crippen molar-refractivity contribution < 1.29 is 0 Å². The lowest BCUT2D eigenvalue weighted by Gasteiger charge is -2.02. The fraction of sp³-hybridized carbons (Fsp3) is 0.357. The Morgan fingerprint density at radius 2 is 2.00 bits per heavy atom. The van der Waals surface area contributed by atoms with Crippen molar-refractivity contribution in [2.75, 3.05) is 6.54 Å². The molecular weight excluding hydrogens is 337 g/mol. The Morgan fingerprint density at radius 3 is 2.72 bits per heavy atom. The van der Waals surface area contributed by atoms with Crippen LogP contribution in [0.1, 0.15) is 24.6 Å². The summed E-state index contributed by atoms with van der Waals surface area (Å²) in [4.78, 5) is 0. The molecule has 18 heavy (non-hydrogen) atoms. The van der Waals surface area contributed by atoms with E-state index in [1.165, 1.54) is 9.13 Å². The molecule has 0 spiro atoms. The van der Waals surface area contributed by atoms with Crippen LogP contribution in [0, 0.1) is 3.57 Å². The number of hydrogen-bond donors (Lipinski definition) is 1. The first-order valence-corrected chi connectivity index (χ1v) is 7.33. The van der Waals surface area contributed by atoms with Crippen LogP contribution in [0.3, 0.4) is 0 Å². The minimum Gasteiger partial charge on any atom is -0.311 e. The molecule has 1 heterocycles. The van der Waals surface area contributed by atoms with E-state index in [-0.39, 0.29) is 0 Å². The summed E-state index contributed by atoms with van der Waals surface area (Å²) in [5.74, 6) is 0. The molecule has 0 radical (unpaired) electrons. The van der Waals surface area contributed by atoms with Crippen LogP contribution < -0.4 is 5.32 Å². The highest BCUT2D eigenvalue weighted by molar-refractivity contribution is 14.1. The molecule has 2 aromatic rings. The van der Waals surface area contributed by atoms with Crippen molar-refractivity contribution in [3.63, 3.8) is 0 Å². The molecule has 0 aliphatic rings. The second-order valence-corrected chi connectivity index (χ2v) is 5.55. The Hall–Kier alpha value is -0.880. The zero-order chi connectivity index (χ0) is 12.8. The number of hydrogen-bond acceptors (Lipinski definition) is 2. The third-order valence-corrected chi connectivity index (χ3v) is 3.41. The van der Waals surface area contributed by atoms with Crippen LogP contribution in [-0.4, -0.2) is 16.3 Å². The van der Waals surface area contributed by atoms with Gasteiger partial charge in [0, 0.05) is 16.3 Å². The van der Waals surface area contributed by atoms with E-state index in [0.29, 0.717) is 0 Å². The molecule has 0 unspecified atom stereocenters. The Labute approximate surface area is 122 Å². The van der Waals surface area contributed by atoms with E-state index in [1.54, 1.807) is 0 Å². The summed E-state index contributed by atoms with van der Waals surface area (Å²) in [6.07, 6.45) is 3.20. The van der Waals surface area contributed by atoms with Crippen LogP contribution in [0.4, 0.5) is 0 Å². The van der Waals surface area contributed by atoms with Gasteiger partial charge in [-0.3, -0.25) is 4.68 Å². The van der Waals surface area contributed by atoms with Gasteiger partial charge < -0.3 is 5.32 Å². The van der Waals surface area contributed by atoms with Gasteiger partial charge in [0.2, 0.25) is 0 Å². The van der Waals surface area contributed by atoms with Crippen LogP contribution in [-0.2, 0) is 13.1 Å². The van der Waals surface area contributed by atoms with Gasteiger partial charge in [0.1, 0.15) is 0 Å². The number of nitrogens with one attached hydrogen (secondary N) is 1. The van der Waals surface area contributed by atoms with Crippen LogP contribution in [0.2, 0.25) is 0 Å². The maximum atomic E-state index is 4.55. The highest BCUT2D eigenvalue weighted by atomic mass is 127. The molecule has 1 N–H and O–H groups in total. The summed E-state index contributed by atoms with van der Waals surface area (Å²) >= 11 is 2.32. The zero-order valence-electron chi connectivity index (χ0n) is 10.6. The molecule has 0 fully saturated rings. The van der Waals surface area contributed by atoms with Crippen LogP contribution in [0.15, 0.2) is 36.5 Å². The van der Waals surface area contributed by atoms with Crippen molar-refractivity contribution in [1.29, 1.82) is 0 Å². The van der Waals surface area contributed by atoms with Crippen molar-refractivity contribution in [1.82, 2.24) is 15.1 Å². The third kappa shape index (κ3) is 4.10. The second kappa shape index (κ2) is 6.89. The first kappa shape index (κ1) is 13.5. The van der Waals surface area contributed by atoms with Crippen molar-refractivity contribution in [2.24, 2.45) is 0 Å². The average Bonchev–Trinajstić information content (AvgIpc) is 2.80. The molecule has 0 amide bonds. The molecule has 4 heteroatoms. The van der Waals surface area contributed by atoms with Crippen molar-refractivity contribution in [3.8, 4) is 0 Å². The summed E-state index contributed by atoms with van der Waals surface area (Å²) < 4.78 is 3.26. The maximum absolute atomic E-state index is 4.55. The Balaban J connectivity index is 1.91. The fourth-order valence-electron chi connectivity index (χ4n) is 1.76. The van der Waals surface area contributed by atoms with Crippen LogP contribution >= 0.6 is 22.6 Å². The predicted octanol–water partition coefficient (Wildman–Crippen LogP) is 3.04. The highest BCUT2D eigenvalue weighted by Gasteiger charge is 1.99. The van der Waals surface area contributed by atoms with E-state index < -0.39 is 0 Å². The van der Waals surface area contributed by atoms with Crippen molar-refractivity contribution in [3.05, 3.63) is 51.4 Å². The van der Waals surface area contributed by atoms with E-state index in [4.69, 9.17) is 0 Å². The molecule has 2 rings (SSSR count). The summed E-state index contributed by atoms with van der Waals surface area (Å²) in [6.45, 7) is 4.91. The molecule has 0 bridgehead atoms. The largest absolute Gasteiger partial charge is 0.311 e. The smallest absolute Gasteiger partial charge is 0.0762 e. The maximum Gasteiger partial charge on any atom is 0.0762 e. The average molecular weight is 355 g/mol. The lowest BCUT2D eigenvalue weighted by atomic mass is 10.2. The van der Waals surface area contributed by atoms with Crippen LogP contribution in [0.5, 0.6) is 0 Å². The molecule has 0 aliphatic heterocycles. The summed E-state index contributed by atoms with van der Waals surface area (Å²) in [5, 5.41) is 7.91. The Bertz CT molecular complexity index is 476. The standard InChI is InChI=1S/C14H18IN3/c1-2-8-16-10-14-7-9-18(17-14)11-12-3-5-13(15)6-4-12/h3-7,9,16H,2,8,10-11H2,1H3. The van der Waals surface area contributed by atoms with Crippen LogP contribution in [0.25, 0.3) is 0 Å². The monoisotopic (exact) mass is 355 g/mol. The molecule has 0 atom stereocenters. The molecule has 0 saturated heterocycles. The summed E-state index contributed by atoms with van der Waals surface area (Å²) in [7, 11) is 0. The molecular formula is C14H18IN3. The normalized spacial score (nSPS) is 10.8. The van der Waals surface area contributed by atoms with E-state index in [1.807, 2.05) is 10.9 Å². The second-order valence-electron chi connectivity index (χ2n) is 4.31. The minimum atomic E-state index is 0.838. The predicted molar refractivity (Wildman–Crippen MR) is 82.5 cm³/mol. The van der Waals surface area contributed by atoms with E-state index in [0.717, 1.165) is 31.7 Å². The van der Waals surface area contributed by atoms with Gasteiger partial charge in [-0.25, -0.2) is 0 Å². The SMILES string of the molecule is CCCNCc1ccn(Cc2ccc(I)cc2)n1. The number of halogens is 1. The summed E-state index contributed by atoms with van der Waals surface area (Å²) in [5.41, 5.74) is 2.39. The van der Waals surface area contributed by atoms with Gasteiger partial charge in [-0.1, -0.05) is 19.1 Å². The van der Waals surface area contributed by atoms with Crippen molar-refractivity contribution >= 4 is 22.6 Å². The van der Waals surface area contributed by atoms with Gasteiger partial charge in [-0.2, -0.15) is 5.10 Å². The highest BCUT2D eigenvalue weighted by Crippen LogP contribution is 2.08. The zero-order valence-corrected chi connectivity index (χ0v) is 12.7. The molecule has 1 aromatic heterocycles. The number of aromatic nitrogens is 2. The van der Waals surface area contributed by atoms with Gasteiger partial charge in [0.25, 0.3) is 0 Å². The molecule has 96 valence electrons.